The summed E-state index contributed by atoms with van der Waals surface area (Å²) in [6.45, 7) is 1.26. The molecule has 0 amide bonds. The van der Waals surface area contributed by atoms with E-state index in [1.165, 1.54) is 6.07 Å². The number of rotatable bonds is 4. The van der Waals surface area contributed by atoms with Crippen LogP contribution in [-0.4, -0.2) is 31.7 Å². The second kappa shape index (κ2) is 6.33. The van der Waals surface area contributed by atoms with Gasteiger partial charge >= 0.3 is 0 Å². The number of alkyl halides is 2. The summed E-state index contributed by atoms with van der Waals surface area (Å²) >= 11 is 0. The molecule has 2 N–H and O–H groups in total. The zero-order chi connectivity index (χ0) is 15.6. The van der Waals surface area contributed by atoms with Crippen molar-refractivity contribution in [3.63, 3.8) is 0 Å². The third kappa shape index (κ3) is 4.18. The number of benzene rings is 1. The van der Waals surface area contributed by atoms with Crippen LogP contribution in [0.2, 0.25) is 0 Å². The molecular formula is C13H17F3N2O2S. The average molecular weight is 322 g/mol. The molecule has 0 saturated carbocycles. The van der Waals surface area contributed by atoms with Gasteiger partial charge in [0, 0.05) is 13.1 Å². The van der Waals surface area contributed by atoms with Crippen molar-refractivity contribution in [3.05, 3.63) is 35.1 Å². The third-order valence-corrected chi connectivity index (χ3v) is 4.95. The van der Waals surface area contributed by atoms with Crippen LogP contribution in [0.25, 0.3) is 0 Å². The summed E-state index contributed by atoms with van der Waals surface area (Å²) in [7, 11) is -3.59. The highest BCUT2D eigenvalue weighted by atomic mass is 32.2. The first kappa shape index (κ1) is 16.3. The van der Waals surface area contributed by atoms with Gasteiger partial charge in [0.25, 0.3) is 6.43 Å². The predicted molar refractivity (Wildman–Crippen MR) is 72.8 cm³/mol. The molecule has 0 aromatic heterocycles. The second-order valence-corrected chi connectivity index (χ2v) is 7.09. The Kier molecular flexibility index (Phi) is 4.90. The lowest BCUT2D eigenvalue weighted by Crippen LogP contribution is -2.44. The first-order valence-electron chi connectivity index (χ1n) is 6.58. The summed E-state index contributed by atoms with van der Waals surface area (Å²) in [5.41, 5.74) is -0.0909. The highest BCUT2D eigenvalue weighted by Gasteiger charge is 2.28. The fraction of sp³-hybridized carbons (Fsp3) is 0.538. The molecule has 0 spiro atoms. The minimum Gasteiger partial charge on any atom is -0.298 e. The summed E-state index contributed by atoms with van der Waals surface area (Å²) in [6.07, 6.45) is -1.66. The van der Waals surface area contributed by atoms with Crippen molar-refractivity contribution in [2.75, 3.05) is 13.1 Å². The lowest BCUT2D eigenvalue weighted by molar-refractivity contribution is 0.146. The Morgan fingerprint density at radius 1 is 1.38 bits per heavy atom. The van der Waals surface area contributed by atoms with Crippen molar-refractivity contribution in [1.29, 1.82) is 0 Å². The Hall–Kier alpha value is -1.12. The number of hydrogen-bond donors (Lipinski definition) is 1. The number of halogens is 3. The van der Waals surface area contributed by atoms with Crippen LogP contribution in [0.3, 0.4) is 0 Å². The van der Waals surface area contributed by atoms with Gasteiger partial charge in [0.2, 0.25) is 10.0 Å². The fourth-order valence-electron chi connectivity index (χ4n) is 2.53. The van der Waals surface area contributed by atoms with E-state index in [0.29, 0.717) is 31.5 Å². The minimum atomic E-state index is -3.59. The molecule has 1 fully saturated rings. The first-order chi connectivity index (χ1) is 9.77. The van der Waals surface area contributed by atoms with Gasteiger partial charge in [-0.15, -0.1) is 0 Å². The minimum absolute atomic E-state index is 0.275. The molecule has 1 saturated heterocycles. The van der Waals surface area contributed by atoms with Gasteiger partial charge in [0.05, 0.1) is 10.8 Å². The maximum absolute atomic E-state index is 13.5. The van der Waals surface area contributed by atoms with E-state index >= 15 is 0 Å². The Morgan fingerprint density at radius 2 is 2.10 bits per heavy atom. The molecule has 1 atom stereocenters. The molecule has 1 aliphatic heterocycles. The summed E-state index contributed by atoms with van der Waals surface area (Å²) in [5, 5.41) is 4.52. The summed E-state index contributed by atoms with van der Waals surface area (Å²) < 4.78 is 61.2. The van der Waals surface area contributed by atoms with E-state index in [-0.39, 0.29) is 6.54 Å². The molecule has 8 heteroatoms. The van der Waals surface area contributed by atoms with Crippen LogP contribution in [0, 0.1) is 5.82 Å². The van der Waals surface area contributed by atoms with Gasteiger partial charge < -0.3 is 0 Å². The van der Waals surface area contributed by atoms with Crippen LogP contribution in [0.15, 0.2) is 18.2 Å². The van der Waals surface area contributed by atoms with E-state index in [1.807, 2.05) is 4.90 Å². The van der Waals surface area contributed by atoms with Crippen molar-refractivity contribution < 1.29 is 21.6 Å². The SMILES string of the molecule is NS(=O)(=O)C1CCCN(Cc2ccc(C(F)F)c(F)c2)C1. The molecule has 1 aromatic carbocycles. The van der Waals surface area contributed by atoms with Crippen LogP contribution in [0.4, 0.5) is 13.2 Å². The highest BCUT2D eigenvalue weighted by molar-refractivity contribution is 7.89. The number of nitrogens with zero attached hydrogens (tertiary/aromatic N) is 1. The first-order valence-corrected chi connectivity index (χ1v) is 8.19. The van der Waals surface area contributed by atoms with Gasteiger partial charge in [-0.2, -0.15) is 0 Å². The number of hydrogen-bond acceptors (Lipinski definition) is 3. The molecule has 21 heavy (non-hydrogen) atoms. The van der Waals surface area contributed by atoms with Crippen molar-refractivity contribution in [3.8, 4) is 0 Å². The average Bonchev–Trinajstić information content (AvgIpc) is 2.37. The van der Waals surface area contributed by atoms with Gasteiger partial charge in [0.15, 0.2) is 0 Å². The second-order valence-electron chi connectivity index (χ2n) is 5.24. The molecule has 0 aliphatic carbocycles. The van der Waals surface area contributed by atoms with Gasteiger partial charge in [-0.1, -0.05) is 12.1 Å². The van der Waals surface area contributed by atoms with Gasteiger partial charge in [-0.3, -0.25) is 4.90 Å². The van der Waals surface area contributed by atoms with Crippen molar-refractivity contribution >= 4 is 10.0 Å². The zero-order valence-corrected chi connectivity index (χ0v) is 12.1. The van der Waals surface area contributed by atoms with E-state index in [1.54, 1.807) is 0 Å². The maximum atomic E-state index is 13.5. The molecule has 1 unspecified atom stereocenters. The molecule has 118 valence electrons. The Labute approximate surface area is 121 Å². The molecule has 4 nitrogen and oxygen atoms in total. The number of nitrogens with two attached hydrogens (primary N) is 1. The van der Waals surface area contributed by atoms with Crippen LogP contribution >= 0.6 is 0 Å². The van der Waals surface area contributed by atoms with Crippen LogP contribution in [-0.2, 0) is 16.6 Å². The van der Waals surface area contributed by atoms with Gasteiger partial charge in [-0.25, -0.2) is 26.7 Å². The summed E-state index contributed by atoms with van der Waals surface area (Å²) in [4.78, 5) is 1.84. The van der Waals surface area contributed by atoms with Crippen molar-refractivity contribution in [1.82, 2.24) is 4.90 Å². The van der Waals surface area contributed by atoms with E-state index in [0.717, 1.165) is 12.1 Å². The quantitative estimate of drug-likeness (QED) is 0.922. The largest absolute Gasteiger partial charge is 0.298 e. The van der Waals surface area contributed by atoms with Crippen molar-refractivity contribution in [2.24, 2.45) is 5.14 Å². The molecule has 0 radical (unpaired) electrons. The molecule has 1 aliphatic rings. The van der Waals surface area contributed by atoms with E-state index in [2.05, 4.69) is 0 Å². The van der Waals surface area contributed by atoms with Gasteiger partial charge in [0.1, 0.15) is 5.82 Å². The van der Waals surface area contributed by atoms with E-state index in [4.69, 9.17) is 5.14 Å². The smallest absolute Gasteiger partial charge is 0.266 e. The normalized spacial score (nSPS) is 20.9. The highest BCUT2D eigenvalue weighted by Crippen LogP contribution is 2.24. The summed E-state index contributed by atoms with van der Waals surface area (Å²) in [5.74, 6) is -0.942. The number of piperidine rings is 1. The monoisotopic (exact) mass is 322 g/mol. The summed E-state index contributed by atoms with van der Waals surface area (Å²) in [6, 6.07) is 3.57. The van der Waals surface area contributed by atoms with E-state index in [9.17, 15) is 21.6 Å². The third-order valence-electron chi connectivity index (χ3n) is 3.63. The fourth-order valence-corrected chi connectivity index (χ4v) is 3.44. The van der Waals surface area contributed by atoms with E-state index < -0.39 is 33.1 Å². The number of primary sulfonamides is 1. The molecule has 1 heterocycles. The van der Waals surface area contributed by atoms with Crippen LogP contribution < -0.4 is 5.14 Å². The zero-order valence-electron chi connectivity index (χ0n) is 11.3. The van der Waals surface area contributed by atoms with Crippen molar-refractivity contribution in [2.45, 2.75) is 31.1 Å². The number of sulfonamides is 1. The molecular weight excluding hydrogens is 305 g/mol. The Morgan fingerprint density at radius 3 is 2.67 bits per heavy atom. The Balaban J connectivity index is 2.06. The van der Waals surface area contributed by atoms with Crippen LogP contribution in [0.1, 0.15) is 30.4 Å². The van der Waals surface area contributed by atoms with Crippen LogP contribution in [0.5, 0.6) is 0 Å². The number of likely N-dealkylation sites (tertiary alicyclic amines) is 1. The maximum Gasteiger partial charge on any atom is 0.266 e. The van der Waals surface area contributed by atoms with Gasteiger partial charge in [-0.05, 0) is 31.0 Å². The standard InChI is InChI=1S/C13H17F3N2O2S/c14-12-6-9(3-4-11(12)13(15)16)7-18-5-1-2-10(8-18)21(17,19)20/h3-4,6,10,13H,1-2,5,7-8H2,(H2,17,19,20). The predicted octanol–water partition coefficient (Wildman–Crippen LogP) is 2.02. The lowest BCUT2D eigenvalue weighted by Gasteiger charge is -2.31. The topological polar surface area (TPSA) is 63.4 Å². The molecule has 2 rings (SSSR count). The lowest BCUT2D eigenvalue weighted by atomic mass is 10.1. The molecule has 1 aromatic rings. The molecule has 0 bridgehead atoms. The Bertz CT molecular complexity index is 607.